The average Bonchev–Trinajstić information content (AvgIpc) is 3.34. The number of nitrogens with one attached hydrogen (secondary N) is 1. The number of aromatic amines is 1. The van der Waals surface area contributed by atoms with Crippen molar-refractivity contribution in [1.29, 1.82) is 0 Å². The first kappa shape index (κ1) is 21.7. The van der Waals surface area contributed by atoms with Gasteiger partial charge in [-0.3, -0.25) is 9.55 Å². The molecule has 5 aromatic rings. The second-order valence-corrected chi connectivity index (χ2v) is 8.17. The van der Waals surface area contributed by atoms with Gasteiger partial charge in [-0.05, 0) is 24.1 Å². The lowest BCUT2D eigenvalue weighted by Gasteiger charge is -2.08. The maximum Gasteiger partial charge on any atom is 0.434 e. The van der Waals surface area contributed by atoms with Crippen LogP contribution >= 0.6 is 0 Å². The van der Waals surface area contributed by atoms with Crippen molar-refractivity contribution in [1.82, 2.24) is 24.1 Å². The number of fused-ring (bicyclic) bond motifs is 1. The van der Waals surface area contributed by atoms with Gasteiger partial charge in [-0.25, -0.2) is 9.78 Å². The summed E-state index contributed by atoms with van der Waals surface area (Å²) in [7, 11) is 1.52. The molecule has 0 unspecified atom stereocenters. The van der Waals surface area contributed by atoms with E-state index in [1.54, 1.807) is 35.0 Å². The normalized spacial score (nSPS) is 11.9. The molecule has 0 fully saturated rings. The van der Waals surface area contributed by atoms with Crippen LogP contribution in [0.15, 0.2) is 71.8 Å². The highest BCUT2D eigenvalue weighted by molar-refractivity contribution is 5.80. The third-order valence-corrected chi connectivity index (χ3v) is 5.80. The fourth-order valence-corrected chi connectivity index (χ4v) is 4.03. The van der Waals surface area contributed by atoms with Crippen LogP contribution < -0.4 is 5.69 Å². The van der Waals surface area contributed by atoms with Crippen molar-refractivity contribution >= 4 is 11.0 Å². The Hall–Kier alpha value is -4.14. The van der Waals surface area contributed by atoms with Crippen molar-refractivity contribution in [3.8, 4) is 22.6 Å². The molecule has 172 valence electrons. The highest BCUT2D eigenvalue weighted by atomic mass is 19.4. The summed E-state index contributed by atoms with van der Waals surface area (Å²) in [6, 6.07) is 16.8. The molecule has 0 spiro atoms. The minimum atomic E-state index is -4.50. The van der Waals surface area contributed by atoms with E-state index in [0.717, 1.165) is 34.1 Å². The Morgan fingerprint density at radius 3 is 2.47 bits per heavy atom. The maximum atomic E-state index is 13.0. The molecule has 0 atom stereocenters. The third-order valence-electron chi connectivity index (χ3n) is 5.80. The summed E-state index contributed by atoms with van der Waals surface area (Å²) >= 11 is 0. The summed E-state index contributed by atoms with van der Waals surface area (Å²) < 4.78 is 41.9. The molecule has 1 N–H and O–H groups in total. The molecule has 9 heteroatoms. The standard InChI is InChI=1S/C25H20F3N5O/c1-15-5-3-4-6-18(15)19-11-21-20(12-29-19)30-24(34)33(21)13-16-7-9-17(10-8-16)23-31-22(14-32(23)2)25(26,27)28/h3-12,14H,13H2,1-2H3,(H,30,34). The van der Waals surface area contributed by atoms with Crippen LogP contribution in [0.25, 0.3) is 33.7 Å². The number of imidazole rings is 2. The van der Waals surface area contributed by atoms with E-state index in [4.69, 9.17) is 0 Å². The van der Waals surface area contributed by atoms with Crippen LogP contribution in [0.5, 0.6) is 0 Å². The van der Waals surface area contributed by atoms with Gasteiger partial charge in [0.05, 0.1) is 29.5 Å². The van der Waals surface area contributed by atoms with Crippen molar-refractivity contribution in [2.75, 3.05) is 0 Å². The van der Waals surface area contributed by atoms with E-state index < -0.39 is 11.9 Å². The number of hydrogen-bond donors (Lipinski definition) is 1. The predicted molar refractivity (Wildman–Crippen MR) is 123 cm³/mol. The molecular formula is C25H20F3N5O. The zero-order chi connectivity index (χ0) is 24.0. The first-order valence-corrected chi connectivity index (χ1v) is 10.5. The fraction of sp³-hybridized carbons (Fsp3) is 0.160. The van der Waals surface area contributed by atoms with Crippen LogP contribution in [-0.4, -0.2) is 24.1 Å². The van der Waals surface area contributed by atoms with Crippen LogP contribution in [-0.2, 0) is 19.8 Å². The number of benzene rings is 2. The van der Waals surface area contributed by atoms with E-state index in [2.05, 4.69) is 15.0 Å². The summed E-state index contributed by atoms with van der Waals surface area (Å²) in [6.07, 6.45) is -1.88. The molecular weight excluding hydrogens is 443 g/mol. The number of alkyl halides is 3. The molecule has 0 aliphatic rings. The van der Waals surface area contributed by atoms with Gasteiger partial charge in [0.25, 0.3) is 0 Å². The van der Waals surface area contributed by atoms with Crippen molar-refractivity contribution in [2.24, 2.45) is 7.05 Å². The largest absolute Gasteiger partial charge is 0.434 e. The number of rotatable bonds is 4. The lowest BCUT2D eigenvalue weighted by atomic mass is 10.1. The smallest absolute Gasteiger partial charge is 0.333 e. The third kappa shape index (κ3) is 3.89. The molecule has 2 aromatic carbocycles. The molecule has 0 saturated heterocycles. The van der Waals surface area contributed by atoms with Crippen LogP contribution in [0.3, 0.4) is 0 Å². The Kier molecular flexibility index (Phi) is 5.11. The Balaban J connectivity index is 1.47. The van der Waals surface area contributed by atoms with Crippen LogP contribution in [0.2, 0.25) is 0 Å². The molecule has 0 bridgehead atoms. The summed E-state index contributed by atoms with van der Waals surface area (Å²) in [5, 5.41) is 0. The summed E-state index contributed by atoms with van der Waals surface area (Å²) in [6.45, 7) is 2.30. The summed E-state index contributed by atoms with van der Waals surface area (Å²) in [5.74, 6) is 0.220. The lowest BCUT2D eigenvalue weighted by Crippen LogP contribution is -2.17. The maximum absolute atomic E-state index is 13.0. The molecule has 3 heterocycles. The minimum Gasteiger partial charge on any atom is -0.333 e. The number of aryl methyl sites for hydroxylation is 2. The van der Waals surface area contributed by atoms with Crippen molar-refractivity contribution in [2.45, 2.75) is 19.6 Å². The Morgan fingerprint density at radius 2 is 1.79 bits per heavy atom. The van der Waals surface area contributed by atoms with Gasteiger partial charge in [0.1, 0.15) is 5.82 Å². The fourth-order valence-electron chi connectivity index (χ4n) is 4.03. The number of H-pyrrole nitrogens is 1. The van der Waals surface area contributed by atoms with E-state index in [-0.39, 0.29) is 11.5 Å². The van der Waals surface area contributed by atoms with E-state index in [1.165, 1.54) is 11.6 Å². The highest BCUT2D eigenvalue weighted by Gasteiger charge is 2.34. The zero-order valence-corrected chi connectivity index (χ0v) is 18.4. The number of nitrogens with zero attached hydrogens (tertiary/aromatic N) is 4. The Bertz CT molecular complexity index is 1560. The van der Waals surface area contributed by atoms with Gasteiger partial charge in [0.2, 0.25) is 0 Å². The molecule has 0 saturated carbocycles. The topological polar surface area (TPSA) is 68.5 Å². The monoisotopic (exact) mass is 463 g/mol. The number of halogens is 3. The van der Waals surface area contributed by atoms with Gasteiger partial charge in [0.15, 0.2) is 5.69 Å². The van der Waals surface area contributed by atoms with Crippen molar-refractivity contribution in [3.05, 3.63) is 94.3 Å². The van der Waals surface area contributed by atoms with Gasteiger partial charge in [-0.1, -0.05) is 48.5 Å². The van der Waals surface area contributed by atoms with Crippen molar-refractivity contribution < 1.29 is 13.2 Å². The average molecular weight is 463 g/mol. The Morgan fingerprint density at radius 1 is 1.06 bits per heavy atom. The molecule has 34 heavy (non-hydrogen) atoms. The van der Waals surface area contributed by atoms with Crippen molar-refractivity contribution in [3.63, 3.8) is 0 Å². The summed E-state index contributed by atoms with van der Waals surface area (Å²) in [5.41, 5.74) is 4.38. The van der Waals surface area contributed by atoms with Gasteiger partial charge >= 0.3 is 11.9 Å². The molecule has 0 aliphatic heterocycles. The van der Waals surface area contributed by atoms with Gasteiger partial charge < -0.3 is 9.55 Å². The summed E-state index contributed by atoms with van der Waals surface area (Å²) in [4.78, 5) is 23.7. The molecule has 0 amide bonds. The van der Waals surface area contributed by atoms with Gasteiger partial charge in [-0.2, -0.15) is 13.2 Å². The molecule has 0 radical (unpaired) electrons. The van der Waals surface area contributed by atoms with Gasteiger partial charge in [0, 0.05) is 24.4 Å². The molecule has 0 aliphatic carbocycles. The lowest BCUT2D eigenvalue weighted by molar-refractivity contribution is -0.140. The minimum absolute atomic E-state index is 0.220. The number of hydrogen-bond acceptors (Lipinski definition) is 3. The SMILES string of the molecule is Cc1ccccc1-c1cc2c(cn1)[nH]c(=O)n2Cc1ccc(-c2nc(C(F)(F)F)cn2C)cc1. The second kappa shape index (κ2) is 8.02. The quantitative estimate of drug-likeness (QED) is 0.400. The zero-order valence-electron chi connectivity index (χ0n) is 18.4. The highest BCUT2D eigenvalue weighted by Crippen LogP contribution is 2.31. The first-order chi connectivity index (χ1) is 16.2. The predicted octanol–water partition coefficient (Wildman–Crippen LogP) is 5.17. The molecule has 5 rings (SSSR count). The molecule has 3 aromatic heterocycles. The number of aromatic nitrogens is 5. The van der Waals surface area contributed by atoms with E-state index in [1.807, 2.05) is 37.3 Å². The van der Waals surface area contributed by atoms with E-state index in [0.29, 0.717) is 17.6 Å². The molecule has 6 nitrogen and oxygen atoms in total. The van der Waals surface area contributed by atoms with E-state index in [9.17, 15) is 18.0 Å². The van der Waals surface area contributed by atoms with Gasteiger partial charge in [-0.15, -0.1) is 0 Å². The van der Waals surface area contributed by atoms with Crippen LogP contribution in [0, 0.1) is 6.92 Å². The van der Waals surface area contributed by atoms with E-state index >= 15 is 0 Å². The van der Waals surface area contributed by atoms with Crippen LogP contribution in [0.1, 0.15) is 16.8 Å². The number of pyridine rings is 1. The first-order valence-electron chi connectivity index (χ1n) is 10.5. The Labute approximate surface area is 192 Å². The van der Waals surface area contributed by atoms with Crippen LogP contribution in [0.4, 0.5) is 13.2 Å². The second-order valence-electron chi connectivity index (χ2n) is 8.17.